The topological polar surface area (TPSA) is 48.4 Å². The van der Waals surface area contributed by atoms with Gasteiger partial charge in [-0.25, -0.2) is 14.2 Å². The molecule has 0 saturated carbocycles. The number of carbonyl (C=O) groups excluding carboxylic acids is 1. The fourth-order valence-electron chi connectivity index (χ4n) is 2.11. The van der Waals surface area contributed by atoms with Crippen LogP contribution in [-0.4, -0.2) is 30.3 Å². The molecule has 1 saturated heterocycles. The number of nitrogens with zero attached hydrogens (tertiary/aromatic N) is 1. The van der Waals surface area contributed by atoms with Gasteiger partial charge in [-0.15, -0.1) is 11.3 Å². The van der Waals surface area contributed by atoms with Gasteiger partial charge in [0.1, 0.15) is 17.4 Å². The third-order valence-corrected chi connectivity index (χ3v) is 4.12. The van der Waals surface area contributed by atoms with Gasteiger partial charge in [0.2, 0.25) is 0 Å². The highest BCUT2D eigenvalue weighted by atomic mass is 32.1. The van der Waals surface area contributed by atoms with Crippen LogP contribution >= 0.6 is 11.3 Å². The second-order valence-electron chi connectivity index (χ2n) is 4.78. The van der Waals surface area contributed by atoms with Gasteiger partial charge in [0.25, 0.3) is 0 Å². The lowest BCUT2D eigenvalue weighted by molar-refractivity contribution is 0.0157. The lowest BCUT2D eigenvalue weighted by Gasteiger charge is -2.08. The van der Waals surface area contributed by atoms with E-state index in [4.69, 9.17) is 9.47 Å². The molecule has 1 aliphatic heterocycles. The number of carbonyl (C=O) groups is 1. The Morgan fingerprint density at radius 3 is 2.95 bits per heavy atom. The molecule has 0 radical (unpaired) electrons. The van der Waals surface area contributed by atoms with Gasteiger partial charge in [-0.1, -0.05) is 0 Å². The fourth-order valence-corrected chi connectivity index (χ4v) is 2.91. The second-order valence-corrected chi connectivity index (χ2v) is 5.64. The van der Waals surface area contributed by atoms with Crippen molar-refractivity contribution in [3.8, 4) is 10.6 Å². The van der Waals surface area contributed by atoms with E-state index >= 15 is 0 Å². The number of thiazole rings is 1. The van der Waals surface area contributed by atoms with Gasteiger partial charge in [0, 0.05) is 17.6 Å². The minimum atomic E-state index is -0.449. The minimum absolute atomic E-state index is 0.00385. The van der Waals surface area contributed by atoms with Crippen LogP contribution < -0.4 is 0 Å². The van der Waals surface area contributed by atoms with E-state index in [1.54, 1.807) is 17.5 Å². The molecule has 110 valence electrons. The summed E-state index contributed by atoms with van der Waals surface area (Å²) in [5.74, 6) is -0.749. The van der Waals surface area contributed by atoms with Gasteiger partial charge >= 0.3 is 5.97 Å². The Morgan fingerprint density at radius 2 is 2.24 bits per heavy atom. The van der Waals surface area contributed by atoms with E-state index in [0.29, 0.717) is 5.01 Å². The largest absolute Gasteiger partial charge is 0.458 e. The summed E-state index contributed by atoms with van der Waals surface area (Å²) in [6.07, 6.45) is 1.93. The highest BCUT2D eigenvalue weighted by Gasteiger charge is 2.19. The van der Waals surface area contributed by atoms with Crippen LogP contribution in [0.15, 0.2) is 29.6 Å². The highest BCUT2D eigenvalue weighted by molar-refractivity contribution is 7.13. The van der Waals surface area contributed by atoms with Crippen LogP contribution in [0.1, 0.15) is 23.3 Å². The van der Waals surface area contributed by atoms with E-state index in [9.17, 15) is 9.18 Å². The molecular formula is C15H14FNO3S. The number of aromatic nitrogens is 1. The first-order valence-electron chi connectivity index (χ1n) is 6.72. The molecule has 1 atom stereocenters. The Morgan fingerprint density at radius 1 is 1.43 bits per heavy atom. The molecule has 0 bridgehead atoms. The molecule has 1 aromatic heterocycles. The van der Waals surface area contributed by atoms with E-state index in [-0.39, 0.29) is 24.2 Å². The average Bonchev–Trinajstić information content (AvgIpc) is 3.17. The molecule has 1 unspecified atom stereocenters. The zero-order chi connectivity index (χ0) is 14.7. The van der Waals surface area contributed by atoms with Crippen LogP contribution in [0.25, 0.3) is 10.6 Å². The van der Waals surface area contributed by atoms with Crippen molar-refractivity contribution in [3.05, 3.63) is 41.2 Å². The quantitative estimate of drug-likeness (QED) is 0.813. The molecule has 0 N–H and O–H groups in total. The maximum atomic E-state index is 12.9. The zero-order valence-corrected chi connectivity index (χ0v) is 12.1. The third-order valence-electron chi connectivity index (χ3n) is 3.23. The van der Waals surface area contributed by atoms with Gasteiger partial charge in [-0.05, 0) is 37.1 Å². The van der Waals surface area contributed by atoms with Crippen molar-refractivity contribution in [2.45, 2.75) is 18.9 Å². The summed E-state index contributed by atoms with van der Waals surface area (Å²) in [6, 6.07) is 6.00. The molecule has 0 amide bonds. The first kappa shape index (κ1) is 14.2. The molecule has 2 heterocycles. The summed E-state index contributed by atoms with van der Waals surface area (Å²) in [7, 11) is 0. The molecule has 21 heavy (non-hydrogen) atoms. The molecule has 3 rings (SSSR count). The number of halogens is 1. The van der Waals surface area contributed by atoms with E-state index in [2.05, 4.69) is 4.98 Å². The lowest BCUT2D eigenvalue weighted by atomic mass is 10.2. The number of rotatable bonds is 4. The Balaban J connectivity index is 1.63. The lowest BCUT2D eigenvalue weighted by Crippen LogP contribution is -2.18. The van der Waals surface area contributed by atoms with Crippen molar-refractivity contribution in [2.24, 2.45) is 0 Å². The van der Waals surface area contributed by atoms with Crippen LogP contribution in [0, 0.1) is 5.82 Å². The van der Waals surface area contributed by atoms with Crippen LogP contribution in [0.5, 0.6) is 0 Å². The molecule has 0 aliphatic carbocycles. The summed E-state index contributed by atoms with van der Waals surface area (Å²) in [6.45, 7) is 0.996. The van der Waals surface area contributed by atoms with Gasteiger partial charge in [0.05, 0.1) is 6.10 Å². The highest BCUT2D eigenvalue weighted by Crippen LogP contribution is 2.24. The van der Waals surface area contributed by atoms with Crippen LogP contribution in [0.3, 0.4) is 0 Å². The molecule has 6 heteroatoms. The standard InChI is InChI=1S/C15H14FNO3S/c16-11-5-3-10(4-6-11)14-17-13(9-21-14)15(18)20-8-12-2-1-7-19-12/h3-6,9,12H,1-2,7-8H2. The number of benzene rings is 1. The average molecular weight is 307 g/mol. The predicted octanol–water partition coefficient (Wildman–Crippen LogP) is 3.29. The van der Waals surface area contributed by atoms with Crippen LogP contribution in [-0.2, 0) is 9.47 Å². The molecule has 1 aromatic carbocycles. The summed E-state index contributed by atoms with van der Waals surface area (Å²) in [5, 5.41) is 2.32. The van der Waals surface area contributed by atoms with Crippen molar-refractivity contribution in [1.82, 2.24) is 4.98 Å². The Hall–Kier alpha value is -1.79. The van der Waals surface area contributed by atoms with Gasteiger partial charge < -0.3 is 9.47 Å². The van der Waals surface area contributed by atoms with E-state index in [1.165, 1.54) is 23.5 Å². The van der Waals surface area contributed by atoms with E-state index in [1.807, 2.05) is 0 Å². The zero-order valence-electron chi connectivity index (χ0n) is 11.3. The van der Waals surface area contributed by atoms with Crippen molar-refractivity contribution in [3.63, 3.8) is 0 Å². The van der Waals surface area contributed by atoms with Gasteiger partial charge in [-0.3, -0.25) is 0 Å². The van der Waals surface area contributed by atoms with Gasteiger partial charge in [0.15, 0.2) is 5.69 Å². The van der Waals surface area contributed by atoms with Crippen molar-refractivity contribution < 1.29 is 18.7 Å². The first-order chi connectivity index (χ1) is 10.2. The predicted molar refractivity (Wildman–Crippen MR) is 76.8 cm³/mol. The van der Waals surface area contributed by atoms with Crippen molar-refractivity contribution in [1.29, 1.82) is 0 Å². The molecule has 1 aliphatic rings. The number of esters is 1. The van der Waals surface area contributed by atoms with Crippen molar-refractivity contribution in [2.75, 3.05) is 13.2 Å². The molecule has 2 aromatic rings. The Kier molecular flexibility index (Phi) is 4.26. The van der Waals surface area contributed by atoms with E-state index < -0.39 is 5.97 Å². The van der Waals surface area contributed by atoms with E-state index in [0.717, 1.165) is 25.0 Å². The summed E-state index contributed by atoms with van der Waals surface area (Å²) < 4.78 is 23.5. The Bertz CT molecular complexity index is 620. The number of hydrogen-bond donors (Lipinski definition) is 0. The number of hydrogen-bond acceptors (Lipinski definition) is 5. The first-order valence-corrected chi connectivity index (χ1v) is 7.60. The monoisotopic (exact) mass is 307 g/mol. The van der Waals surface area contributed by atoms with Crippen molar-refractivity contribution >= 4 is 17.3 Å². The molecule has 0 spiro atoms. The molecule has 4 nitrogen and oxygen atoms in total. The second kappa shape index (κ2) is 6.32. The van der Waals surface area contributed by atoms with Crippen LogP contribution in [0.2, 0.25) is 0 Å². The number of ether oxygens (including phenoxy) is 2. The maximum Gasteiger partial charge on any atom is 0.357 e. The molecule has 1 fully saturated rings. The fraction of sp³-hybridized carbons (Fsp3) is 0.333. The summed E-state index contributed by atoms with van der Waals surface area (Å²) in [4.78, 5) is 16.1. The third kappa shape index (κ3) is 3.46. The maximum absolute atomic E-state index is 12.9. The normalized spacial score (nSPS) is 17.9. The SMILES string of the molecule is O=C(OCC1CCCO1)c1csc(-c2ccc(F)cc2)n1. The summed E-state index contributed by atoms with van der Waals surface area (Å²) in [5.41, 5.74) is 1.05. The smallest absolute Gasteiger partial charge is 0.357 e. The molecular weight excluding hydrogens is 293 g/mol. The Labute approximate surface area is 125 Å². The summed E-state index contributed by atoms with van der Waals surface area (Å²) >= 11 is 1.33. The van der Waals surface area contributed by atoms with Crippen LogP contribution in [0.4, 0.5) is 4.39 Å². The van der Waals surface area contributed by atoms with Gasteiger partial charge in [-0.2, -0.15) is 0 Å². The minimum Gasteiger partial charge on any atom is -0.458 e.